The maximum Gasteiger partial charge on any atom is 0.414 e. The zero-order valence-electron chi connectivity index (χ0n) is 14.6. The Morgan fingerprint density at radius 1 is 1.50 bits per heavy atom. The molecule has 2 aliphatic heterocycles. The van der Waals surface area contributed by atoms with E-state index in [4.69, 9.17) is 4.74 Å². The number of carbonyl (C=O) groups excluding carboxylic acids is 2. The molecule has 1 aromatic rings. The summed E-state index contributed by atoms with van der Waals surface area (Å²) in [4.78, 5) is 31.0. The molecule has 0 radical (unpaired) electrons. The van der Waals surface area contributed by atoms with Crippen LogP contribution in [0.4, 0.5) is 20.6 Å². The molecule has 140 valence electrons. The summed E-state index contributed by atoms with van der Waals surface area (Å²) in [6.45, 7) is 3.10. The first kappa shape index (κ1) is 18.0. The van der Waals surface area contributed by atoms with Gasteiger partial charge in [0.1, 0.15) is 19.5 Å². The average Bonchev–Trinajstić information content (AvgIpc) is 2.93. The highest BCUT2D eigenvalue weighted by atomic mass is 19.1. The molecule has 2 heterocycles. The maximum absolute atomic E-state index is 14.6. The molecule has 0 aliphatic carbocycles. The van der Waals surface area contributed by atoms with Gasteiger partial charge in [0.25, 0.3) is 0 Å². The van der Waals surface area contributed by atoms with E-state index in [1.165, 1.54) is 25.0 Å². The SMILES string of the molecule is CON=CC1CN(c2ccc(N3C(=O)OCC3CNC(C)=O)cc2F)C1. The van der Waals surface area contributed by atoms with E-state index in [0.29, 0.717) is 24.5 Å². The summed E-state index contributed by atoms with van der Waals surface area (Å²) in [5.41, 5.74) is 0.879. The van der Waals surface area contributed by atoms with Crippen LogP contribution in [0.1, 0.15) is 6.92 Å². The summed E-state index contributed by atoms with van der Waals surface area (Å²) >= 11 is 0. The molecule has 1 atom stereocenters. The number of rotatable bonds is 6. The van der Waals surface area contributed by atoms with Crippen molar-refractivity contribution >= 4 is 29.6 Å². The fraction of sp³-hybridized carbons (Fsp3) is 0.471. The van der Waals surface area contributed by atoms with Crippen molar-refractivity contribution in [1.29, 1.82) is 0 Å². The number of benzene rings is 1. The zero-order valence-corrected chi connectivity index (χ0v) is 14.6. The molecule has 1 aromatic carbocycles. The predicted octanol–water partition coefficient (Wildman–Crippen LogP) is 1.36. The van der Waals surface area contributed by atoms with Crippen LogP contribution in [-0.2, 0) is 14.4 Å². The molecule has 1 unspecified atom stereocenters. The molecule has 0 aromatic heterocycles. The Labute approximate surface area is 150 Å². The van der Waals surface area contributed by atoms with Crippen LogP contribution in [0, 0.1) is 11.7 Å². The number of nitrogens with zero attached hydrogens (tertiary/aromatic N) is 3. The molecule has 26 heavy (non-hydrogen) atoms. The molecule has 3 rings (SSSR count). The van der Waals surface area contributed by atoms with Crippen molar-refractivity contribution in [3.8, 4) is 0 Å². The monoisotopic (exact) mass is 364 g/mol. The lowest BCUT2D eigenvalue weighted by molar-refractivity contribution is -0.119. The van der Waals surface area contributed by atoms with E-state index in [1.807, 2.05) is 4.90 Å². The van der Waals surface area contributed by atoms with Crippen LogP contribution in [0.15, 0.2) is 23.4 Å². The van der Waals surface area contributed by atoms with Gasteiger partial charge in [0.15, 0.2) is 0 Å². The molecular weight excluding hydrogens is 343 g/mol. The van der Waals surface area contributed by atoms with Gasteiger partial charge < -0.3 is 19.8 Å². The second-order valence-electron chi connectivity index (χ2n) is 6.28. The van der Waals surface area contributed by atoms with Gasteiger partial charge >= 0.3 is 6.09 Å². The van der Waals surface area contributed by atoms with Crippen LogP contribution in [0.2, 0.25) is 0 Å². The van der Waals surface area contributed by atoms with E-state index in [0.717, 1.165) is 0 Å². The molecule has 0 saturated carbocycles. The summed E-state index contributed by atoms with van der Waals surface area (Å²) in [5, 5.41) is 6.38. The summed E-state index contributed by atoms with van der Waals surface area (Å²) in [6, 6.07) is 4.28. The summed E-state index contributed by atoms with van der Waals surface area (Å²) in [5.74, 6) is -0.387. The topological polar surface area (TPSA) is 83.5 Å². The van der Waals surface area contributed by atoms with Gasteiger partial charge in [0.05, 0.1) is 23.6 Å². The van der Waals surface area contributed by atoms with Gasteiger partial charge in [-0.05, 0) is 18.2 Å². The smallest absolute Gasteiger partial charge is 0.414 e. The van der Waals surface area contributed by atoms with Gasteiger partial charge in [-0.3, -0.25) is 9.69 Å². The van der Waals surface area contributed by atoms with Gasteiger partial charge in [-0.15, -0.1) is 0 Å². The number of halogens is 1. The third-order valence-electron chi connectivity index (χ3n) is 4.38. The van der Waals surface area contributed by atoms with Crippen LogP contribution in [0.25, 0.3) is 0 Å². The number of hydrogen-bond donors (Lipinski definition) is 1. The van der Waals surface area contributed by atoms with E-state index in [9.17, 15) is 14.0 Å². The number of amides is 2. The van der Waals surface area contributed by atoms with Crippen molar-refractivity contribution in [3.05, 3.63) is 24.0 Å². The lowest BCUT2D eigenvalue weighted by Gasteiger charge is -2.39. The minimum atomic E-state index is -0.549. The lowest BCUT2D eigenvalue weighted by atomic mass is 10.0. The number of hydrogen-bond acceptors (Lipinski definition) is 6. The molecule has 1 N–H and O–H groups in total. The van der Waals surface area contributed by atoms with Crippen molar-refractivity contribution in [2.75, 3.05) is 43.2 Å². The number of carbonyl (C=O) groups is 2. The first-order valence-corrected chi connectivity index (χ1v) is 8.31. The van der Waals surface area contributed by atoms with Crippen molar-refractivity contribution < 1.29 is 23.6 Å². The number of oxime groups is 1. The number of cyclic esters (lactones) is 1. The normalized spacial score (nSPS) is 20.3. The van der Waals surface area contributed by atoms with Crippen LogP contribution in [0.5, 0.6) is 0 Å². The lowest BCUT2D eigenvalue weighted by Crippen LogP contribution is -2.48. The second kappa shape index (κ2) is 7.59. The highest BCUT2D eigenvalue weighted by Gasteiger charge is 2.35. The number of ether oxygens (including phenoxy) is 1. The Bertz CT molecular complexity index is 721. The Morgan fingerprint density at radius 3 is 2.92 bits per heavy atom. The van der Waals surface area contributed by atoms with Crippen molar-refractivity contribution in [2.45, 2.75) is 13.0 Å². The van der Waals surface area contributed by atoms with Gasteiger partial charge in [0.2, 0.25) is 5.91 Å². The highest BCUT2D eigenvalue weighted by Crippen LogP contribution is 2.31. The molecule has 9 heteroatoms. The van der Waals surface area contributed by atoms with Crippen LogP contribution < -0.4 is 15.1 Å². The van der Waals surface area contributed by atoms with Gasteiger partial charge in [-0.1, -0.05) is 5.16 Å². The second-order valence-corrected chi connectivity index (χ2v) is 6.28. The van der Waals surface area contributed by atoms with Crippen molar-refractivity contribution in [2.24, 2.45) is 11.1 Å². The van der Waals surface area contributed by atoms with E-state index in [1.54, 1.807) is 18.3 Å². The number of nitrogens with one attached hydrogen (secondary N) is 1. The largest absolute Gasteiger partial charge is 0.447 e. The fourth-order valence-electron chi connectivity index (χ4n) is 3.04. The molecular formula is C17H21FN4O4. The van der Waals surface area contributed by atoms with E-state index in [2.05, 4.69) is 15.3 Å². The van der Waals surface area contributed by atoms with Gasteiger partial charge in [-0.2, -0.15) is 0 Å². The zero-order chi connectivity index (χ0) is 18.7. The fourth-order valence-corrected chi connectivity index (χ4v) is 3.04. The van der Waals surface area contributed by atoms with Crippen molar-refractivity contribution in [1.82, 2.24) is 5.32 Å². The quantitative estimate of drug-likeness (QED) is 0.609. The minimum Gasteiger partial charge on any atom is -0.447 e. The highest BCUT2D eigenvalue weighted by molar-refractivity contribution is 5.90. The molecule has 0 spiro atoms. The third kappa shape index (κ3) is 3.71. The molecule has 8 nitrogen and oxygen atoms in total. The van der Waals surface area contributed by atoms with Gasteiger partial charge in [0, 0.05) is 32.5 Å². The first-order chi connectivity index (χ1) is 12.5. The molecule has 0 bridgehead atoms. The maximum atomic E-state index is 14.6. The standard InChI is InChI=1S/C17H21FN4O4/c1-11(23)19-7-14-10-26-17(24)22(14)13-3-4-16(15(18)5-13)21-8-12(9-21)6-20-25-2/h3-6,12,14H,7-10H2,1-2H3,(H,19,23). The van der Waals surface area contributed by atoms with Crippen LogP contribution in [0.3, 0.4) is 0 Å². The predicted molar refractivity (Wildman–Crippen MR) is 93.9 cm³/mol. The third-order valence-corrected chi connectivity index (χ3v) is 4.38. The Balaban J connectivity index is 1.69. The molecule has 2 saturated heterocycles. The van der Waals surface area contributed by atoms with Crippen molar-refractivity contribution in [3.63, 3.8) is 0 Å². The first-order valence-electron chi connectivity index (χ1n) is 8.31. The van der Waals surface area contributed by atoms with Crippen LogP contribution >= 0.6 is 0 Å². The van der Waals surface area contributed by atoms with E-state index in [-0.39, 0.29) is 31.0 Å². The molecule has 2 fully saturated rings. The summed E-state index contributed by atoms with van der Waals surface area (Å²) < 4.78 is 19.6. The Hall–Kier alpha value is -2.84. The number of anilines is 2. The Kier molecular flexibility index (Phi) is 5.24. The Morgan fingerprint density at radius 2 is 2.27 bits per heavy atom. The van der Waals surface area contributed by atoms with Gasteiger partial charge in [-0.25, -0.2) is 9.18 Å². The molecule has 2 amide bonds. The molecule has 2 aliphatic rings. The van der Waals surface area contributed by atoms with Crippen LogP contribution in [-0.4, -0.2) is 57.6 Å². The summed E-state index contributed by atoms with van der Waals surface area (Å²) in [6.07, 6.45) is 1.16. The minimum absolute atomic E-state index is 0.148. The summed E-state index contributed by atoms with van der Waals surface area (Å²) in [7, 11) is 1.48. The van der Waals surface area contributed by atoms with E-state index < -0.39 is 11.9 Å². The average molecular weight is 364 g/mol. The van der Waals surface area contributed by atoms with E-state index >= 15 is 0 Å².